The Morgan fingerprint density at radius 3 is 2.60 bits per heavy atom. The second-order valence-electron chi connectivity index (χ2n) is 3.30. The lowest BCUT2D eigenvalue weighted by Crippen LogP contribution is -2.25. The van der Waals surface area contributed by atoms with E-state index in [2.05, 4.69) is 5.32 Å². The number of anilines is 1. The highest BCUT2D eigenvalue weighted by Gasteiger charge is 2.10. The first-order valence-corrected chi connectivity index (χ1v) is 5.33. The van der Waals surface area contributed by atoms with E-state index in [1.807, 2.05) is 13.0 Å². The number of methoxy groups -OCH3 is 1. The molecule has 5 heteroatoms. The van der Waals surface area contributed by atoms with Gasteiger partial charge in [0.2, 0.25) is 0 Å². The van der Waals surface area contributed by atoms with Crippen LogP contribution in [0.15, 0.2) is 12.1 Å². The molecule has 0 spiro atoms. The zero-order valence-electron chi connectivity index (χ0n) is 8.68. The lowest BCUT2D eigenvalue weighted by molar-refractivity contribution is 0.415. The maximum atomic E-state index is 6.05. The molecule has 1 unspecified atom stereocenters. The van der Waals surface area contributed by atoms with E-state index in [4.69, 9.17) is 33.7 Å². The van der Waals surface area contributed by atoms with E-state index in [1.54, 1.807) is 13.2 Å². The summed E-state index contributed by atoms with van der Waals surface area (Å²) in [6.07, 6.45) is 0. The van der Waals surface area contributed by atoms with Gasteiger partial charge in [-0.3, -0.25) is 0 Å². The number of hydrogen-bond acceptors (Lipinski definition) is 3. The predicted octanol–water partition coefficient (Wildman–Crippen LogP) is 2.76. The quantitative estimate of drug-likeness (QED) is 0.862. The van der Waals surface area contributed by atoms with Crippen molar-refractivity contribution in [2.45, 2.75) is 13.0 Å². The van der Waals surface area contributed by atoms with E-state index >= 15 is 0 Å². The molecule has 1 aromatic rings. The number of nitrogens with two attached hydrogens (primary N) is 1. The highest BCUT2D eigenvalue weighted by atomic mass is 35.5. The van der Waals surface area contributed by atoms with Crippen LogP contribution in [0.1, 0.15) is 6.92 Å². The maximum absolute atomic E-state index is 6.05. The van der Waals surface area contributed by atoms with Gasteiger partial charge >= 0.3 is 0 Å². The number of rotatable bonds is 4. The van der Waals surface area contributed by atoms with Gasteiger partial charge in [0.15, 0.2) is 0 Å². The minimum atomic E-state index is 0.0574. The second-order valence-corrected chi connectivity index (χ2v) is 4.06. The number of nitrogens with one attached hydrogen (secondary N) is 1. The molecule has 84 valence electrons. The predicted molar refractivity (Wildman–Crippen MR) is 65.2 cm³/mol. The van der Waals surface area contributed by atoms with Crippen LogP contribution in [0.25, 0.3) is 0 Å². The van der Waals surface area contributed by atoms with Gasteiger partial charge in [-0.15, -0.1) is 0 Å². The summed E-state index contributed by atoms with van der Waals surface area (Å²) in [7, 11) is 1.55. The minimum Gasteiger partial charge on any atom is -0.495 e. The van der Waals surface area contributed by atoms with Gasteiger partial charge in [0.25, 0.3) is 0 Å². The van der Waals surface area contributed by atoms with Gasteiger partial charge in [0, 0.05) is 12.6 Å². The molecule has 0 aliphatic carbocycles. The molecule has 0 fully saturated rings. The largest absolute Gasteiger partial charge is 0.495 e. The van der Waals surface area contributed by atoms with Crippen molar-refractivity contribution in [2.24, 2.45) is 5.73 Å². The van der Waals surface area contributed by atoms with E-state index in [9.17, 15) is 0 Å². The van der Waals surface area contributed by atoms with Crippen molar-refractivity contribution in [1.29, 1.82) is 0 Å². The third-order valence-corrected chi connectivity index (χ3v) is 2.75. The van der Waals surface area contributed by atoms with Crippen LogP contribution >= 0.6 is 23.2 Å². The zero-order chi connectivity index (χ0) is 11.4. The summed E-state index contributed by atoms with van der Waals surface area (Å²) in [6.45, 7) is 2.55. The normalized spacial score (nSPS) is 12.3. The van der Waals surface area contributed by atoms with Crippen molar-refractivity contribution in [2.75, 3.05) is 19.0 Å². The van der Waals surface area contributed by atoms with Crippen LogP contribution in [0.5, 0.6) is 5.75 Å². The van der Waals surface area contributed by atoms with Crippen LogP contribution in [0.2, 0.25) is 10.0 Å². The molecule has 0 aliphatic rings. The Bertz CT molecular complexity index is 342. The van der Waals surface area contributed by atoms with Gasteiger partial charge in [0.05, 0.1) is 17.8 Å². The molecule has 15 heavy (non-hydrogen) atoms. The highest BCUT2D eigenvalue weighted by Crippen LogP contribution is 2.37. The van der Waals surface area contributed by atoms with Gasteiger partial charge in [-0.05, 0) is 19.1 Å². The van der Waals surface area contributed by atoms with E-state index in [0.717, 1.165) is 5.69 Å². The molecule has 0 amide bonds. The summed E-state index contributed by atoms with van der Waals surface area (Å²) in [5.74, 6) is 0.563. The van der Waals surface area contributed by atoms with Crippen molar-refractivity contribution in [3.8, 4) is 5.75 Å². The first-order chi connectivity index (χ1) is 7.06. The van der Waals surface area contributed by atoms with Crippen LogP contribution in [0.4, 0.5) is 5.69 Å². The number of halogens is 2. The number of ether oxygens (including phenoxy) is 1. The summed E-state index contributed by atoms with van der Waals surface area (Å²) in [5.41, 5.74) is 6.38. The Balaban J connectivity index is 2.87. The fourth-order valence-electron chi connectivity index (χ4n) is 1.10. The van der Waals surface area contributed by atoms with Crippen molar-refractivity contribution in [3.05, 3.63) is 22.2 Å². The topological polar surface area (TPSA) is 47.3 Å². The number of hydrogen-bond donors (Lipinski definition) is 2. The Hall–Kier alpha value is -0.640. The van der Waals surface area contributed by atoms with Gasteiger partial charge in [-0.2, -0.15) is 0 Å². The molecular weight excluding hydrogens is 235 g/mol. The molecule has 1 aromatic carbocycles. The van der Waals surface area contributed by atoms with Gasteiger partial charge in [-0.1, -0.05) is 23.2 Å². The average molecular weight is 249 g/mol. The third kappa shape index (κ3) is 3.16. The molecule has 1 atom stereocenters. The van der Waals surface area contributed by atoms with Crippen LogP contribution < -0.4 is 15.8 Å². The molecule has 0 radical (unpaired) electrons. The van der Waals surface area contributed by atoms with E-state index in [1.165, 1.54) is 0 Å². The lowest BCUT2D eigenvalue weighted by atomic mass is 10.2. The van der Waals surface area contributed by atoms with E-state index in [-0.39, 0.29) is 6.04 Å². The molecule has 3 nitrogen and oxygen atoms in total. The summed E-state index contributed by atoms with van der Waals surface area (Å²) in [4.78, 5) is 0. The summed E-state index contributed by atoms with van der Waals surface area (Å²) in [6, 6.07) is 3.63. The Morgan fingerprint density at radius 2 is 2.07 bits per heavy atom. The first kappa shape index (κ1) is 12.4. The standard InChI is InChI=1S/C10H14Cl2N2O/c1-6(13)5-14-7-3-4-8(15-2)10(12)9(7)11/h3-4,6,14H,5,13H2,1-2H3. The van der Waals surface area contributed by atoms with Crippen molar-refractivity contribution >= 4 is 28.9 Å². The molecule has 0 heterocycles. The van der Waals surface area contributed by atoms with Crippen LogP contribution in [0, 0.1) is 0 Å². The lowest BCUT2D eigenvalue weighted by Gasteiger charge is -2.13. The van der Waals surface area contributed by atoms with Crippen molar-refractivity contribution in [1.82, 2.24) is 0 Å². The molecule has 0 aromatic heterocycles. The summed E-state index contributed by atoms with van der Waals surface area (Å²) in [5, 5.41) is 3.97. The fourth-order valence-corrected chi connectivity index (χ4v) is 1.56. The van der Waals surface area contributed by atoms with Gasteiger partial charge in [0.1, 0.15) is 10.8 Å². The monoisotopic (exact) mass is 248 g/mol. The van der Waals surface area contributed by atoms with Gasteiger partial charge in [-0.25, -0.2) is 0 Å². The van der Waals surface area contributed by atoms with E-state index in [0.29, 0.717) is 22.3 Å². The summed E-state index contributed by atoms with van der Waals surface area (Å²) < 4.78 is 5.04. The first-order valence-electron chi connectivity index (χ1n) is 4.57. The minimum absolute atomic E-state index is 0.0574. The molecular formula is C10H14Cl2N2O. The molecule has 0 saturated carbocycles. The van der Waals surface area contributed by atoms with Crippen LogP contribution in [0.3, 0.4) is 0 Å². The molecule has 0 aliphatic heterocycles. The summed E-state index contributed by atoms with van der Waals surface area (Å²) >= 11 is 12.0. The highest BCUT2D eigenvalue weighted by molar-refractivity contribution is 6.44. The van der Waals surface area contributed by atoms with Crippen LogP contribution in [-0.2, 0) is 0 Å². The Morgan fingerprint density at radius 1 is 1.40 bits per heavy atom. The smallest absolute Gasteiger partial charge is 0.139 e. The van der Waals surface area contributed by atoms with Crippen LogP contribution in [-0.4, -0.2) is 19.7 Å². The molecule has 3 N–H and O–H groups in total. The molecule has 1 rings (SSSR count). The Kier molecular flexibility index (Phi) is 4.51. The maximum Gasteiger partial charge on any atom is 0.139 e. The third-order valence-electron chi connectivity index (χ3n) is 1.88. The SMILES string of the molecule is COc1ccc(NCC(C)N)c(Cl)c1Cl. The average Bonchev–Trinajstić information content (AvgIpc) is 2.20. The second kappa shape index (κ2) is 5.45. The number of benzene rings is 1. The van der Waals surface area contributed by atoms with Gasteiger partial charge < -0.3 is 15.8 Å². The van der Waals surface area contributed by atoms with Crippen molar-refractivity contribution < 1.29 is 4.74 Å². The zero-order valence-corrected chi connectivity index (χ0v) is 10.2. The fraction of sp³-hybridized carbons (Fsp3) is 0.400. The Labute approximate surface area is 99.5 Å². The molecule has 0 bridgehead atoms. The molecule has 0 saturated heterocycles. The van der Waals surface area contributed by atoms with Crippen molar-refractivity contribution in [3.63, 3.8) is 0 Å². The van der Waals surface area contributed by atoms with E-state index < -0.39 is 0 Å².